The number of ether oxygens (including phenoxy) is 1. The first kappa shape index (κ1) is 12.5. The zero-order chi connectivity index (χ0) is 12.2. The van der Waals surface area contributed by atoms with Crippen molar-refractivity contribution in [3.63, 3.8) is 0 Å². The Morgan fingerprint density at radius 3 is 2.62 bits per heavy atom. The predicted octanol–water partition coefficient (Wildman–Crippen LogP) is 2.09. The molecule has 90 valence electrons. The van der Waals surface area contributed by atoms with E-state index in [9.17, 15) is 13.2 Å². The SMILES string of the molecule is Cc1cc(OCCCC(F)(F)F)nc(N)n1. The molecule has 0 aliphatic carbocycles. The number of hydrogen-bond donors (Lipinski definition) is 1. The summed E-state index contributed by atoms with van der Waals surface area (Å²) in [6, 6.07) is 1.52. The van der Waals surface area contributed by atoms with E-state index in [1.165, 1.54) is 6.07 Å². The fourth-order valence-corrected chi connectivity index (χ4v) is 1.09. The van der Waals surface area contributed by atoms with E-state index in [-0.39, 0.29) is 24.9 Å². The Hall–Kier alpha value is -1.53. The van der Waals surface area contributed by atoms with Crippen LogP contribution in [0.15, 0.2) is 6.07 Å². The highest BCUT2D eigenvalue weighted by molar-refractivity contribution is 5.25. The second kappa shape index (κ2) is 5.00. The summed E-state index contributed by atoms with van der Waals surface area (Å²) in [5.41, 5.74) is 5.96. The summed E-state index contributed by atoms with van der Waals surface area (Å²) in [5, 5.41) is 0. The van der Waals surface area contributed by atoms with E-state index >= 15 is 0 Å². The number of halogens is 3. The molecule has 1 aromatic heterocycles. The summed E-state index contributed by atoms with van der Waals surface area (Å²) in [6.07, 6.45) is -5.12. The average Bonchev–Trinajstić information content (AvgIpc) is 2.09. The highest BCUT2D eigenvalue weighted by Gasteiger charge is 2.26. The topological polar surface area (TPSA) is 61.0 Å². The second-order valence-electron chi connectivity index (χ2n) is 3.27. The van der Waals surface area contributed by atoms with Crippen molar-refractivity contribution in [2.75, 3.05) is 12.3 Å². The van der Waals surface area contributed by atoms with Crippen LogP contribution in [0.5, 0.6) is 5.88 Å². The van der Waals surface area contributed by atoms with Crippen molar-refractivity contribution in [2.45, 2.75) is 25.9 Å². The van der Waals surface area contributed by atoms with Gasteiger partial charge in [0.25, 0.3) is 0 Å². The van der Waals surface area contributed by atoms with E-state index in [0.29, 0.717) is 5.69 Å². The molecule has 0 bridgehead atoms. The van der Waals surface area contributed by atoms with Gasteiger partial charge in [-0.2, -0.15) is 18.2 Å². The molecule has 0 saturated carbocycles. The zero-order valence-corrected chi connectivity index (χ0v) is 8.71. The first-order valence-corrected chi connectivity index (χ1v) is 4.67. The van der Waals surface area contributed by atoms with Gasteiger partial charge >= 0.3 is 6.18 Å². The predicted molar refractivity (Wildman–Crippen MR) is 52.0 cm³/mol. The standard InChI is InChI=1S/C9H12F3N3O/c1-6-5-7(15-8(13)14-6)16-4-2-3-9(10,11)12/h5H,2-4H2,1H3,(H2,13,14,15). The first-order chi connectivity index (χ1) is 7.37. The lowest BCUT2D eigenvalue weighted by Gasteiger charge is -2.08. The summed E-state index contributed by atoms with van der Waals surface area (Å²) >= 11 is 0. The van der Waals surface area contributed by atoms with Crippen LogP contribution in [0.4, 0.5) is 19.1 Å². The van der Waals surface area contributed by atoms with Crippen LogP contribution in [0.25, 0.3) is 0 Å². The molecule has 1 rings (SSSR count). The van der Waals surface area contributed by atoms with Gasteiger partial charge in [-0.3, -0.25) is 0 Å². The Bertz CT molecular complexity index is 334. The first-order valence-electron chi connectivity index (χ1n) is 4.67. The maximum atomic E-state index is 11.8. The third kappa shape index (κ3) is 4.81. The maximum absolute atomic E-state index is 11.8. The van der Waals surface area contributed by atoms with Gasteiger partial charge in [-0.05, 0) is 13.3 Å². The molecule has 1 aromatic rings. The number of nitrogen functional groups attached to an aromatic ring is 1. The van der Waals surface area contributed by atoms with Gasteiger partial charge in [0.15, 0.2) is 0 Å². The molecule has 0 amide bonds. The van der Waals surface area contributed by atoms with E-state index in [1.54, 1.807) is 6.92 Å². The Balaban J connectivity index is 2.37. The average molecular weight is 235 g/mol. The van der Waals surface area contributed by atoms with Crippen LogP contribution in [0.2, 0.25) is 0 Å². The molecule has 0 spiro atoms. The lowest BCUT2D eigenvalue weighted by molar-refractivity contribution is -0.136. The van der Waals surface area contributed by atoms with Gasteiger partial charge < -0.3 is 10.5 Å². The number of anilines is 1. The summed E-state index contributed by atoms with van der Waals surface area (Å²) in [4.78, 5) is 7.54. The van der Waals surface area contributed by atoms with E-state index in [0.717, 1.165) is 0 Å². The van der Waals surface area contributed by atoms with Crippen LogP contribution in [-0.2, 0) is 0 Å². The fraction of sp³-hybridized carbons (Fsp3) is 0.556. The van der Waals surface area contributed by atoms with Gasteiger partial charge in [0.2, 0.25) is 11.8 Å². The summed E-state index contributed by atoms with van der Waals surface area (Å²) < 4.78 is 40.5. The molecule has 0 radical (unpaired) electrons. The number of aryl methyl sites for hydroxylation is 1. The number of aromatic nitrogens is 2. The molecule has 0 fully saturated rings. The van der Waals surface area contributed by atoms with Crippen molar-refractivity contribution in [3.8, 4) is 5.88 Å². The summed E-state index contributed by atoms with van der Waals surface area (Å²) in [6.45, 7) is 1.65. The Morgan fingerprint density at radius 1 is 1.38 bits per heavy atom. The highest BCUT2D eigenvalue weighted by Crippen LogP contribution is 2.21. The van der Waals surface area contributed by atoms with Crippen LogP contribution in [-0.4, -0.2) is 22.8 Å². The molecule has 2 N–H and O–H groups in total. The van der Waals surface area contributed by atoms with Gasteiger partial charge in [-0.1, -0.05) is 0 Å². The smallest absolute Gasteiger partial charge is 0.389 e. The fourth-order valence-electron chi connectivity index (χ4n) is 1.09. The van der Waals surface area contributed by atoms with E-state index in [2.05, 4.69) is 9.97 Å². The van der Waals surface area contributed by atoms with Crippen LogP contribution >= 0.6 is 0 Å². The van der Waals surface area contributed by atoms with E-state index < -0.39 is 12.6 Å². The van der Waals surface area contributed by atoms with Gasteiger partial charge in [0.05, 0.1) is 6.61 Å². The second-order valence-corrected chi connectivity index (χ2v) is 3.27. The molecular formula is C9H12F3N3O. The molecule has 1 heterocycles. The van der Waals surface area contributed by atoms with Crippen LogP contribution in [0.1, 0.15) is 18.5 Å². The monoisotopic (exact) mass is 235 g/mol. The normalized spacial score (nSPS) is 11.5. The lowest BCUT2D eigenvalue weighted by Crippen LogP contribution is -2.10. The molecule has 16 heavy (non-hydrogen) atoms. The van der Waals surface area contributed by atoms with Crippen molar-refractivity contribution < 1.29 is 17.9 Å². The number of nitrogens with zero attached hydrogens (tertiary/aromatic N) is 2. The van der Waals surface area contributed by atoms with E-state index in [1.807, 2.05) is 0 Å². The lowest BCUT2D eigenvalue weighted by atomic mass is 10.3. The molecular weight excluding hydrogens is 223 g/mol. The molecule has 0 aliphatic rings. The molecule has 4 nitrogen and oxygen atoms in total. The molecule has 7 heteroatoms. The number of nitrogens with two attached hydrogens (primary N) is 1. The zero-order valence-electron chi connectivity index (χ0n) is 8.71. The molecule has 0 saturated heterocycles. The Labute approximate surface area is 90.6 Å². The summed E-state index contributed by atoms with van der Waals surface area (Å²) in [7, 11) is 0. The van der Waals surface area contributed by atoms with Gasteiger partial charge in [-0.25, -0.2) is 4.98 Å². The Kier molecular flexibility index (Phi) is 3.92. The van der Waals surface area contributed by atoms with Crippen LogP contribution in [0, 0.1) is 6.92 Å². The largest absolute Gasteiger partial charge is 0.478 e. The molecule has 0 aromatic carbocycles. The number of alkyl halides is 3. The quantitative estimate of drug-likeness (QED) is 0.812. The molecule has 0 unspecified atom stereocenters. The van der Waals surface area contributed by atoms with Crippen molar-refractivity contribution in [3.05, 3.63) is 11.8 Å². The van der Waals surface area contributed by atoms with Crippen molar-refractivity contribution >= 4 is 5.95 Å². The molecule has 0 aliphatic heterocycles. The van der Waals surface area contributed by atoms with Gasteiger partial charge in [0.1, 0.15) is 0 Å². The van der Waals surface area contributed by atoms with Crippen molar-refractivity contribution in [2.24, 2.45) is 0 Å². The maximum Gasteiger partial charge on any atom is 0.389 e. The number of rotatable bonds is 4. The minimum Gasteiger partial charge on any atom is -0.478 e. The van der Waals surface area contributed by atoms with Gasteiger partial charge in [0, 0.05) is 18.2 Å². The number of hydrogen-bond acceptors (Lipinski definition) is 4. The third-order valence-electron chi connectivity index (χ3n) is 1.70. The minimum absolute atomic E-state index is 0.0462. The Morgan fingerprint density at radius 2 is 2.06 bits per heavy atom. The van der Waals surface area contributed by atoms with Crippen molar-refractivity contribution in [1.29, 1.82) is 0 Å². The van der Waals surface area contributed by atoms with Crippen LogP contribution < -0.4 is 10.5 Å². The molecule has 0 atom stereocenters. The van der Waals surface area contributed by atoms with Gasteiger partial charge in [-0.15, -0.1) is 0 Å². The van der Waals surface area contributed by atoms with Crippen molar-refractivity contribution in [1.82, 2.24) is 9.97 Å². The summed E-state index contributed by atoms with van der Waals surface area (Å²) in [5.74, 6) is 0.248. The highest BCUT2D eigenvalue weighted by atomic mass is 19.4. The minimum atomic E-state index is -4.15. The van der Waals surface area contributed by atoms with Crippen LogP contribution in [0.3, 0.4) is 0 Å². The third-order valence-corrected chi connectivity index (χ3v) is 1.70. The van der Waals surface area contributed by atoms with E-state index in [4.69, 9.17) is 10.5 Å².